The van der Waals surface area contributed by atoms with Gasteiger partial charge < -0.3 is 13.9 Å². The number of nitrogens with zero attached hydrogens (tertiary/aromatic N) is 1. The van der Waals surface area contributed by atoms with Crippen LogP contribution in [0.5, 0.6) is 0 Å². The number of carbonyl (C=O) groups is 2. The summed E-state index contributed by atoms with van der Waals surface area (Å²) in [6.07, 6.45) is -1.44. The van der Waals surface area contributed by atoms with Crippen LogP contribution in [0.1, 0.15) is 62.3 Å². The fraction of sp³-hybridized carbons (Fsp3) is 0.889. The van der Waals surface area contributed by atoms with Crippen molar-refractivity contribution < 1.29 is 23.5 Å². The van der Waals surface area contributed by atoms with Gasteiger partial charge in [0.25, 0.3) is 0 Å². The summed E-state index contributed by atoms with van der Waals surface area (Å²) in [5, 5.41) is 0.0513. The first-order chi connectivity index (χ1) is 10.9. The molecule has 0 fully saturated rings. The summed E-state index contributed by atoms with van der Waals surface area (Å²) in [5.41, 5.74) is -1.39. The Hall–Kier alpha value is -1.08. The van der Waals surface area contributed by atoms with Gasteiger partial charge in [-0.25, -0.2) is 14.5 Å². The third kappa shape index (κ3) is 9.25. The fourth-order valence-electron chi connectivity index (χ4n) is 1.50. The molecule has 0 aliphatic carbocycles. The van der Waals surface area contributed by atoms with Gasteiger partial charge in [0.2, 0.25) is 0 Å². The summed E-state index contributed by atoms with van der Waals surface area (Å²) >= 11 is 0. The van der Waals surface area contributed by atoms with Crippen molar-refractivity contribution in [3.63, 3.8) is 0 Å². The van der Waals surface area contributed by atoms with E-state index in [1.807, 2.05) is 0 Å². The molecule has 0 saturated carbocycles. The van der Waals surface area contributed by atoms with Gasteiger partial charge in [-0.3, -0.25) is 0 Å². The number of carbonyl (C=O) groups excluding carboxylic acids is 2. The highest BCUT2D eigenvalue weighted by Crippen LogP contribution is 2.36. The Morgan fingerprint density at radius 3 is 1.44 bits per heavy atom. The lowest BCUT2D eigenvalue weighted by Crippen LogP contribution is -2.47. The Morgan fingerprint density at radius 2 is 1.16 bits per heavy atom. The summed E-state index contributed by atoms with van der Waals surface area (Å²) < 4.78 is 16.7. The first-order valence-electron chi connectivity index (χ1n) is 8.73. The van der Waals surface area contributed by atoms with Crippen molar-refractivity contribution in [2.75, 3.05) is 13.2 Å². The molecule has 25 heavy (non-hydrogen) atoms. The zero-order chi connectivity index (χ0) is 20.3. The molecule has 0 aliphatic rings. The lowest BCUT2D eigenvalue weighted by molar-refractivity contribution is -0.000999. The molecule has 0 N–H and O–H groups in total. The standard InChI is InChI=1S/C18H37NO5Si/c1-16(2,3)23-14(20)19(15(21)24-17(4,5)6)12-13-22-25(10,11)18(7,8)9/h12-13H2,1-11H3. The molecule has 7 heteroatoms. The summed E-state index contributed by atoms with van der Waals surface area (Å²) in [7, 11) is -1.97. The molecule has 0 radical (unpaired) electrons. The Bertz CT molecular complexity index is 441. The number of rotatable bonds is 4. The van der Waals surface area contributed by atoms with Crippen molar-refractivity contribution in [3.8, 4) is 0 Å². The average Bonchev–Trinajstić information content (AvgIpc) is 2.28. The number of hydrogen-bond donors (Lipinski definition) is 0. The van der Waals surface area contributed by atoms with Gasteiger partial charge in [0.15, 0.2) is 8.32 Å². The van der Waals surface area contributed by atoms with Crippen LogP contribution in [0, 0.1) is 0 Å². The van der Waals surface area contributed by atoms with E-state index in [4.69, 9.17) is 13.9 Å². The predicted octanol–water partition coefficient (Wildman–Crippen LogP) is 5.18. The number of ether oxygens (including phenoxy) is 2. The van der Waals surface area contributed by atoms with Crippen molar-refractivity contribution in [1.29, 1.82) is 0 Å². The van der Waals surface area contributed by atoms with Gasteiger partial charge in [-0.05, 0) is 59.7 Å². The minimum absolute atomic E-state index is 0.0513. The zero-order valence-corrected chi connectivity index (χ0v) is 18.9. The first-order valence-corrected chi connectivity index (χ1v) is 11.6. The SMILES string of the molecule is CC(C)(C)OC(=O)N(CCO[Si](C)(C)C(C)(C)C)C(=O)OC(C)(C)C. The third-order valence-electron chi connectivity index (χ3n) is 3.81. The molecule has 0 aromatic carbocycles. The molecular weight excluding hydrogens is 338 g/mol. The molecule has 2 amide bonds. The molecule has 0 spiro atoms. The average molecular weight is 376 g/mol. The Kier molecular flexibility index (Phi) is 7.73. The molecule has 0 atom stereocenters. The molecule has 6 nitrogen and oxygen atoms in total. The second kappa shape index (κ2) is 8.08. The first kappa shape index (κ1) is 23.9. The summed E-state index contributed by atoms with van der Waals surface area (Å²) in [4.78, 5) is 25.8. The van der Waals surface area contributed by atoms with Gasteiger partial charge in [0.05, 0.1) is 13.2 Å². The minimum atomic E-state index is -1.97. The highest BCUT2D eigenvalue weighted by Gasteiger charge is 2.38. The second-order valence-corrected chi connectivity index (χ2v) is 14.5. The van der Waals surface area contributed by atoms with Crippen LogP contribution < -0.4 is 0 Å². The molecule has 0 bridgehead atoms. The van der Waals surface area contributed by atoms with E-state index in [0.717, 1.165) is 4.90 Å². The van der Waals surface area contributed by atoms with Gasteiger partial charge in [-0.15, -0.1) is 0 Å². The second-order valence-electron chi connectivity index (χ2n) is 9.72. The fourth-order valence-corrected chi connectivity index (χ4v) is 2.53. The van der Waals surface area contributed by atoms with Crippen LogP contribution in [0.2, 0.25) is 18.1 Å². The number of hydrogen-bond acceptors (Lipinski definition) is 5. The summed E-state index contributed by atoms with van der Waals surface area (Å²) in [6, 6.07) is 0. The van der Waals surface area contributed by atoms with E-state index in [-0.39, 0.29) is 18.2 Å². The minimum Gasteiger partial charge on any atom is -0.443 e. The maximum absolute atomic E-state index is 12.4. The number of imide groups is 1. The maximum atomic E-state index is 12.4. The van der Waals surface area contributed by atoms with Gasteiger partial charge in [-0.1, -0.05) is 20.8 Å². The van der Waals surface area contributed by atoms with E-state index < -0.39 is 31.7 Å². The van der Waals surface area contributed by atoms with Crippen LogP contribution in [0.25, 0.3) is 0 Å². The van der Waals surface area contributed by atoms with Gasteiger partial charge in [0.1, 0.15) is 11.2 Å². The van der Waals surface area contributed by atoms with Gasteiger partial charge in [-0.2, -0.15) is 0 Å². The Morgan fingerprint density at radius 1 is 0.800 bits per heavy atom. The van der Waals surface area contributed by atoms with E-state index in [9.17, 15) is 9.59 Å². The number of amides is 2. The Labute approximate surface area is 154 Å². The van der Waals surface area contributed by atoms with Crippen LogP contribution >= 0.6 is 0 Å². The predicted molar refractivity (Wildman–Crippen MR) is 102 cm³/mol. The van der Waals surface area contributed by atoms with E-state index in [1.54, 1.807) is 41.5 Å². The van der Waals surface area contributed by atoms with Crippen LogP contribution in [0.15, 0.2) is 0 Å². The summed E-state index contributed by atoms with van der Waals surface area (Å²) in [5.74, 6) is 0. The maximum Gasteiger partial charge on any atom is 0.419 e. The topological polar surface area (TPSA) is 65.1 Å². The van der Waals surface area contributed by atoms with Crippen LogP contribution in [0.4, 0.5) is 9.59 Å². The van der Waals surface area contributed by atoms with Crippen molar-refractivity contribution in [2.24, 2.45) is 0 Å². The molecule has 0 heterocycles. The van der Waals surface area contributed by atoms with Crippen molar-refractivity contribution in [3.05, 3.63) is 0 Å². The molecule has 148 valence electrons. The van der Waals surface area contributed by atoms with Crippen molar-refractivity contribution >= 4 is 20.5 Å². The zero-order valence-electron chi connectivity index (χ0n) is 17.9. The molecule has 0 aromatic rings. The normalized spacial score (nSPS) is 13.4. The third-order valence-corrected chi connectivity index (χ3v) is 8.35. The monoisotopic (exact) mass is 375 g/mol. The lowest BCUT2D eigenvalue weighted by Gasteiger charge is -2.36. The molecule has 0 aliphatic heterocycles. The molecular formula is C18H37NO5Si. The van der Waals surface area contributed by atoms with Crippen LogP contribution in [0.3, 0.4) is 0 Å². The summed E-state index contributed by atoms with van der Waals surface area (Å²) in [6.45, 7) is 21.5. The smallest absolute Gasteiger partial charge is 0.419 e. The Balaban J connectivity index is 5.09. The van der Waals surface area contributed by atoms with E-state index in [2.05, 4.69) is 33.9 Å². The largest absolute Gasteiger partial charge is 0.443 e. The lowest BCUT2D eigenvalue weighted by atomic mass is 10.2. The highest BCUT2D eigenvalue weighted by atomic mass is 28.4. The van der Waals surface area contributed by atoms with Crippen LogP contribution in [-0.2, 0) is 13.9 Å². The quantitative estimate of drug-likeness (QED) is 0.633. The van der Waals surface area contributed by atoms with E-state index in [1.165, 1.54) is 0 Å². The highest BCUT2D eigenvalue weighted by molar-refractivity contribution is 6.74. The van der Waals surface area contributed by atoms with Gasteiger partial charge >= 0.3 is 12.2 Å². The van der Waals surface area contributed by atoms with Gasteiger partial charge in [0, 0.05) is 0 Å². The molecule has 0 unspecified atom stereocenters. The van der Waals surface area contributed by atoms with Crippen molar-refractivity contribution in [2.45, 2.75) is 91.6 Å². The van der Waals surface area contributed by atoms with Crippen molar-refractivity contribution in [1.82, 2.24) is 4.90 Å². The van der Waals surface area contributed by atoms with Crippen LogP contribution in [-0.4, -0.2) is 49.8 Å². The van der Waals surface area contributed by atoms with E-state index >= 15 is 0 Å². The molecule has 0 saturated heterocycles. The molecule has 0 aromatic heterocycles. The van der Waals surface area contributed by atoms with E-state index in [0.29, 0.717) is 0 Å². The molecule has 0 rings (SSSR count).